The summed E-state index contributed by atoms with van der Waals surface area (Å²) in [5.41, 5.74) is 2.65. The summed E-state index contributed by atoms with van der Waals surface area (Å²) in [6.07, 6.45) is 17.8. The fourth-order valence-electron chi connectivity index (χ4n) is 4.35. The Morgan fingerprint density at radius 2 is 0.966 bits per heavy atom. The van der Waals surface area contributed by atoms with Gasteiger partial charge in [-0.15, -0.1) is 0 Å². The maximum atomic E-state index is 2.58. The molecule has 0 aromatic heterocycles. The molecule has 0 radical (unpaired) electrons. The van der Waals surface area contributed by atoms with Crippen LogP contribution in [0.5, 0.6) is 0 Å². The van der Waals surface area contributed by atoms with Crippen LogP contribution in [0.3, 0.4) is 0 Å². The van der Waals surface area contributed by atoms with E-state index in [9.17, 15) is 0 Å². The van der Waals surface area contributed by atoms with Gasteiger partial charge in [-0.05, 0) is 37.1 Å². The van der Waals surface area contributed by atoms with Gasteiger partial charge in [0.15, 0.2) is 0 Å². The second-order valence-corrected chi connectivity index (χ2v) is 8.45. The summed E-state index contributed by atoms with van der Waals surface area (Å²) < 4.78 is 0. The summed E-state index contributed by atoms with van der Waals surface area (Å²) >= 11 is 0. The average molecular weight is 394 g/mol. The topological polar surface area (TPSA) is 3.24 Å². The summed E-state index contributed by atoms with van der Waals surface area (Å²) in [7, 11) is 0. The van der Waals surface area contributed by atoms with E-state index in [0.717, 1.165) is 0 Å². The Bertz CT molecular complexity index is 567. The molecule has 1 heteroatoms. The van der Waals surface area contributed by atoms with Gasteiger partial charge in [-0.3, -0.25) is 0 Å². The van der Waals surface area contributed by atoms with E-state index in [1.807, 2.05) is 0 Å². The van der Waals surface area contributed by atoms with Gasteiger partial charge in [-0.25, -0.2) is 0 Å². The van der Waals surface area contributed by atoms with Crippen LogP contribution in [0.1, 0.15) is 97.3 Å². The molecule has 2 aromatic rings. The minimum atomic E-state index is 0.582. The first-order chi connectivity index (χ1) is 14.4. The molecule has 2 aromatic carbocycles. The summed E-state index contributed by atoms with van der Waals surface area (Å²) in [5, 5.41) is 0. The van der Waals surface area contributed by atoms with E-state index in [-0.39, 0.29) is 0 Å². The molecule has 160 valence electrons. The molecule has 0 heterocycles. The molecular weight excluding hydrogens is 350 g/mol. The minimum Gasteiger partial charge on any atom is -0.338 e. The highest BCUT2D eigenvalue weighted by atomic mass is 15.2. The van der Waals surface area contributed by atoms with Gasteiger partial charge in [0, 0.05) is 17.4 Å². The number of anilines is 2. The van der Waals surface area contributed by atoms with Crippen LogP contribution < -0.4 is 4.90 Å². The Kier molecular flexibility index (Phi) is 12.3. The van der Waals surface area contributed by atoms with Crippen molar-refractivity contribution in [1.29, 1.82) is 0 Å². The van der Waals surface area contributed by atoms with E-state index < -0.39 is 0 Å². The summed E-state index contributed by atoms with van der Waals surface area (Å²) in [4.78, 5) is 2.58. The van der Waals surface area contributed by atoms with E-state index in [2.05, 4.69) is 79.4 Å². The lowest BCUT2D eigenvalue weighted by Crippen LogP contribution is -2.31. The maximum absolute atomic E-state index is 2.58. The molecule has 0 aliphatic carbocycles. The first-order valence-electron chi connectivity index (χ1n) is 12.3. The Morgan fingerprint density at radius 3 is 1.41 bits per heavy atom. The number of rotatable bonds is 16. The molecule has 1 unspecified atom stereocenters. The second kappa shape index (κ2) is 15.1. The second-order valence-electron chi connectivity index (χ2n) is 8.45. The predicted molar refractivity (Wildman–Crippen MR) is 130 cm³/mol. The van der Waals surface area contributed by atoms with Crippen LogP contribution in [-0.2, 0) is 0 Å². The monoisotopic (exact) mass is 393 g/mol. The van der Waals surface area contributed by atoms with Crippen LogP contribution in [0.2, 0.25) is 0 Å². The van der Waals surface area contributed by atoms with Gasteiger partial charge >= 0.3 is 0 Å². The normalized spacial score (nSPS) is 12.1. The highest BCUT2D eigenvalue weighted by Gasteiger charge is 2.19. The van der Waals surface area contributed by atoms with Crippen molar-refractivity contribution in [3.05, 3.63) is 60.7 Å². The van der Waals surface area contributed by atoms with Crippen LogP contribution in [0.25, 0.3) is 0 Å². The van der Waals surface area contributed by atoms with Crippen molar-refractivity contribution in [3.8, 4) is 0 Å². The summed E-state index contributed by atoms with van der Waals surface area (Å²) in [6.45, 7) is 4.61. The zero-order valence-corrected chi connectivity index (χ0v) is 19.0. The van der Waals surface area contributed by atoms with Crippen LogP contribution in [-0.4, -0.2) is 6.04 Å². The van der Waals surface area contributed by atoms with Gasteiger partial charge in [-0.1, -0.05) is 121 Å². The van der Waals surface area contributed by atoms with Gasteiger partial charge in [-0.2, -0.15) is 0 Å². The van der Waals surface area contributed by atoms with Crippen LogP contribution in [0, 0.1) is 0 Å². The largest absolute Gasteiger partial charge is 0.338 e. The minimum absolute atomic E-state index is 0.582. The van der Waals surface area contributed by atoms with Crippen LogP contribution in [0.15, 0.2) is 60.7 Å². The Labute approximate surface area is 180 Å². The number of hydrogen-bond donors (Lipinski definition) is 0. The zero-order valence-electron chi connectivity index (χ0n) is 19.0. The van der Waals surface area contributed by atoms with Gasteiger partial charge in [0.2, 0.25) is 0 Å². The van der Waals surface area contributed by atoms with E-state index in [0.29, 0.717) is 6.04 Å². The molecule has 2 rings (SSSR count). The maximum Gasteiger partial charge on any atom is 0.0413 e. The first kappa shape index (κ1) is 23.5. The smallest absolute Gasteiger partial charge is 0.0413 e. The molecule has 29 heavy (non-hydrogen) atoms. The Hall–Kier alpha value is -1.76. The number of benzene rings is 2. The van der Waals surface area contributed by atoms with E-state index >= 15 is 0 Å². The molecule has 1 atom stereocenters. The van der Waals surface area contributed by atoms with Crippen molar-refractivity contribution >= 4 is 11.4 Å². The van der Waals surface area contributed by atoms with Crippen molar-refractivity contribution in [3.63, 3.8) is 0 Å². The van der Waals surface area contributed by atoms with Crippen molar-refractivity contribution in [2.24, 2.45) is 0 Å². The molecular formula is C28H43N. The van der Waals surface area contributed by atoms with E-state index in [1.165, 1.54) is 94.8 Å². The summed E-state index contributed by atoms with van der Waals surface area (Å²) in [6, 6.07) is 22.5. The van der Waals surface area contributed by atoms with Gasteiger partial charge < -0.3 is 4.90 Å². The Morgan fingerprint density at radius 1 is 0.517 bits per heavy atom. The third kappa shape index (κ3) is 9.07. The van der Waals surface area contributed by atoms with E-state index in [1.54, 1.807) is 0 Å². The molecule has 0 saturated carbocycles. The quantitative estimate of drug-likeness (QED) is 0.257. The average Bonchev–Trinajstić information content (AvgIpc) is 2.77. The molecule has 0 fully saturated rings. The third-order valence-electron chi connectivity index (χ3n) is 5.95. The lowest BCUT2D eigenvalue weighted by atomic mass is 9.99. The molecule has 0 aliphatic rings. The number of nitrogens with zero attached hydrogens (tertiary/aromatic N) is 1. The molecule has 0 N–H and O–H groups in total. The predicted octanol–water partition coefficient (Wildman–Crippen LogP) is 9.30. The standard InChI is InChI=1S/C28H43N/c1-3-5-6-7-8-9-10-11-12-15-21-26(20-4-2)29(27-22-16-13-17-23-27)28-24-18-14-19-25-28/h13-14,16-19,22-26H,3-12,15,20-21H2,1-2H3. The molecule has 0 saturated heterocycles. The van der Waals surface area contributed by atoms with E-state index in [4.69, 9.17) is 0 Å². The van der Waals surface area contributed by atoms with Crippen molar-refractivity contribution in [1.82, 2.24) is 0 Å². The fraction of sp³-hybridized carbons (Fsp3) is 0.571. The molecule has 0 spiro atoms. The van der Waals surface area contributed by atoms with Gasteiger partial charge in [0.1, 0.15) is 0 Å². The van der Waals surface area contributed by atoms with Gasteiger partial charge in [0.25, 0.3) is 0 Å². The van der Waals surface area contributed by atoms with Crippen LogP contribution in [0.4, 0.5) is 11.4 Å². The molecule has 1 nitrogen and oxygen atoms in total. The van der Waals surface area contributed by atoms with Crippen molar-refractivity contribution in [2.45, 2.75) is 103 Å². The molecule has 0 amide bonds. The first-order valence-corrected chi connectivity index (χ1v) is 12.3. The lowest BCUT2D eigenvalue weighted by Gasteiger charge is -2.34. The molecule has 0 aliphatic heterocycles. The highest BCUT2D eigenvalue weighted by Crippen LogP contribution is 2.31. The fourth-order valence-corrected chi connectivity index (χ4v) is 4.35. The molecule has 0 bridgehead atoms. The Balaban J connectivity index is 1.84. The lowest BCUT2D eigenvalue weighted by molar-refractivity contribution is 0.496. The van der Waals surface area contributed by atoms with Crippen molar-refractivity contribution in [2.75, 3.05) is 4.90 Å². The van der Waals surface area contributed by atoms with Crippen LogP contribution >= 0.6 is 0 Å². The summed E-state index contributed by atoms with van der Waals surface area (Å²) in [5.74, 6) is 0. The number of hydrogen-bond acceptors (Lipinski definition) is 1. The number of para-hydroxylation sites is 2. The number of unbranched alkanes of at least 4 members (excludes halogenated alkanes) is 9. The van der Waals surface area contributed by atoms with Crippen molar-refractivity contribution < 1.29 is 0 Å². The zero-order chi connectivity index (χ0) is 20.6. The van der Waals surface area contributed by atoms with Gasteiger partial charge in [0.05, 0.1) is 0 Å². The SMILES string of the molecule is CCCCCCCCCCCCC(CCC)N(c1ccccc1)c1ccccc1. The third-order valence-corrected chi connectivity index (χ3v) is 5.95. The highest BCUT2D eigenvalue weighted by molar-refractivity contribution is 5.63.